The predicted octanol–water partition coefficient (Wildman–Crippen LogP) is 4.46. The second-order valence-electron chi connectivity index (χ2n) is 5.83. The summed E-state index contributed by atoms with van der Waals surface area (Å²) >= 11 is 5.79. The van der Waals surface area contributed by atoms with Crippen LogP contribution in [0.5, 0.6) is 0 Å². The maximum absolute atomic E-state index is 12.3. The van der Waals surface area contributed by atoms with Crippen LogP contribution >= 0.6 is 11.6 Å². The summed E-state index contributed by atoms with van der Waals surface area (Å²) in [5, 5.41) is 3.69. The van der Waals surface area contributed by atoms with Gasteiger partial charge in [0.25, 0.3) is 10.0 Å². The number of benzene rings is 2. The first-order chi connectivity index (χ1) is 12.4. The highest BCUT2D eigenvalue weighted by Gasteiger charge is 2.14. The number of nitrogens with zero attached hydrogens (tertiary/aromatic N) is 1. The van der Waals surface area contributed by atoms with Gasteiger partial charge in [0.15, 0.2) is 0 Å². The van der Waals surface area contributed by atoms with Gasteiger partial charge in [-0.05, 0) is 48.9 Å². The number of sulfonamides is 1. The van der Waals surface area contributed by atoms with Crippen molar-refractivity contribution in [2.45, 2.75) is 18.4 Å². The van der Waals surface area contributed by atoms with Gasteiger partial charge in [0, 0.05) is 11.6 Å². The van der Waals surface area contributed by atoms with E-state index < -0.39 is 10.0 Å². The molecule has 7 heteroatoms. The smallest absolute Gasteiger partial charge is 0.261 e. The number of hydrogen-bond acceptors (Lipinski definition) is 4. The first-order valence-electron chi connectivity index (χ1n) is 7.96. The monoisotopic (exact) mass is 387 g/mol. The molecular weight excluding hydrogens is 370 g/mol. The van der Waals surface area contributed by atoms with Crippen molar-refractivity contribution in [1.82, 2.24) is 4.98 Å². The van der Waals surface area contributed by atoms with Gasteiger partial charge in [0.1, 0.15) is 5.82 Å². The quantitative estimate of drug-likeness (QED) is 0.655. The molecule has 0 fully saturated rings. The van der Waals surface area contributed by atoms with Crippen LogP contribution in [0.3, 0.4) is 0 Å². The van der Waals surface area contributed by atoms with Crippen LogP contribution in [0.1, 0.15) is 11.1 Å². The molecule has 0 saturated heterocycles. The zero-order valence-corrected chi connectivity index (χ0v) is 15.7. The third-order valence-corrected chi connectivity index (χ3v) is 5.34. The lowest BCUT2D eigenvalue weighted by atomic mass is 10.1. The summed E-state index contributed by atoms with van der Waals surface area (Å²) in [6, 6.07) is 17.6. The van der Waals surface area contributed by atoms with E-state index in [0.717, 1.165) is 5.56 Å². The second kappa shape index (κ2) is 7.76. The van der Waals surface area contributed by atoms with Crippen LogP contribution in [0.4, 0.5) is 11.5 Å². The molecule has 134 valence electrons. The number of aryl methyl sites for hydroxylation is 1. The number of aromatic nitrogens is 1. The number of hydrogen-bond donors (Lipinski definition) is 2. The number of rotatable bonds is 6. The van der Waals surface area contributed by atoms with E-state index in [1.807, 2.05) is 25.1 Å². The van der Waals surface area contributed by atoms with Gasteiger partial charge in [-0.3, -0.25) is 4.72 Å². The molecule has 26 heavy (non-hydrogen) atoms. The van der Waals surface area contributed by atoms with Gasteiger partial charge in [-0.15, -0.1) is 0 Å². The minimum Gasteiger partial charge on any atom is -0.366 e. The SMILES string of the molecule is Cc1cccc(CNc2ccc(NS(=O)(=O)c3ccc(Cl)cc3)cn2)c1. The molecule has 1 heterocycles. The van der Waals surface area contributed by atoms with Crippen LogP contribution in [0.2, 0.25) is 5.02 Å². The van der Waals surface area contributed by atoms with Crippen molar-refractivity contribution in [2.24, 2.45) is 0 Å². The van der Waals surface area contributed by atoms with Crippen LogP contribution in [0, 0.1) is 6.92 Å². The molecule has 5 nitrogen and oxygen atoms in total. The van der Waals surface area contributed by atoms with E-state index in [2.05, 4.69) is 21.1 Å². The zero-order valence-electron chi connectivity index (χ0n) is 14.1. The largest absolute Gasteiger partial charge is 0.366 e. The lowest BCUT2D eigenvalue weighted by Crippen LogP contribution is -2.13. The van der Waals surface area contributed by atoms with E-state index in [9.17, 15) is 8.42 Å². The fourth-order valence-electron chi connectivity index (χ4n) is 2.40. The van der Waals surface area contributed by atoms with Gasteiger partial charge in [-0.1, -0.05) is 41.4 Å². The van der Waals surface area contributed by atoms with Gasteiger partial charge in [-0.2, -0.15) is 0 Å². The van der Waals surface area contributed by atoms with Crippen molar-refractivity contribution >= 4 is 33.1 Å². The molecular formula is C19H18ClN3O2S. The number of anilines is 2. The lowest BCUT2D eigenvalue weighted by molar-refractivity contribution is 0.601. The fraction of sp³-hybridized carbons (Fsp3) is 0.105. The topological polar surface area (TPSA) is 71.1 Å². The molecule has 1 aromatic heterocycles. The van der Waals surface area contributed by atoms with Crippen molar-refractivity contribution in [3.8, 4) is 0 Å². The molecule has 0 amide bonds. The normalized spacial score (nSPS) is 11.2. The number of halogens is 1. The Bertz CT molecular complexity index is 988. The Morgan fingerprint density at radius 2 is 1.81 bits per heavy atom. The third-order valence-electron chi connectivity index (χ3n) is 3.70. The molecule has 0 aliphatic carbocycles. The number of nitrogens with one attached hydrogen (secondary N) is 2. The van der Waals surface area contributed by atoms with E-state index in [1.54, 1.807) is 12.1 Å². The summed E-state index contributed by atoms with van der Waals surface area (Å²) in [5.74, 6) is 0.668. The average Bonchev–Trinajstić information content (AvgIpc) is 2.61. The van der Waals surface area contributed by atoms with Crippen molar-refractivity contribution in [3.05, 3.63) is 83.0 Å². The minimum absolute atomic E-state index is 0.142. The van der Waals surface area contributed by atoms with Crippen molar-refractivity contribution in [2.75, 3.05) is 10.0 Å². The summed E-state index contributed by atoms with van der Waals surface area (Å²) in [5.41, 5.74) is 2.74. The highest BCUT2D eigenvalue weighted by Crippen LogP contribution is 2.19. The van der Waals surface area contributed by atoms with E-state index in [1.165, 1.54) is 36.0 Å². The minimum atomic E-state index is -3.67. The van der Waals surface area contributed by atoms with Crippen molar-refractivity contribution in [3.63, 3.8) is 0 Å². The summed E-state index contributed by atoms with van der Waals surface area (Å²) in [4.78, 5) is 4.39. The average molecular weight is 388 g/mol. The Hall–Kier alpha value is -2.57. The summed E-state index contributed by atoms with van der Waals surface area (Å²) in [6.07, 6.45) is 1.48. The third kappa shape index (κ3) is 4.74. The molecule has 0 aliphatic rings. The maximum atomic E-state index is 12.3. The van der Waals surface area contributed by atoms with E-state index in [-0.39, 0.29) is 4.90 Å². The van der Waals surface area contributed by atoms with Gasteiger partial charge in [-0.25, -0.2) is 13.4 Å². The van der Waals surface area contributed by atoms with E-state index in [0.29, 0.717) is 23.1 Å². The van der Waals surface area contributed by atoms with Gasteiger partial charge in [0.05, 0.1) is 16.8 Å². The molecule has 0 atom stereocenters. The first kappa shape index (κ1) is 18.2. The van der Waals surface area contributed by atoms with Crippen LogP contribution in [-0.2, 0) is 16.6 Å². The van der Waals surface area contributed by atoms with Gasteiger partial charge >= 0.3 is 0 Å². The zero-order chi connectivity index (χ0) is 18.6. The molecule has 0 saturated carbocycles. The summed E-state index contributed by atoms with van der Waals surface area (Å²) < 4.78 is 27.2. The highest BCUT2D eigenvalue weighted by atomic mass is 35.5. The van der Waals surface area contributed by atoms with Crippen LogP contribution in [-0.4, -0.2) is 13.4 Å². The van der Waals surface area contributed by atoms with E-state index in [4.69, 9.17) is 11.6 Å². The fourth-order valence-corrected chi connectivity index (χ4v) is 3.57. The molecule has 0 unspecified atom stereocenters. The molecule has 2 aromatic carbocycles. The Labute approximate surface area is 158 Å². The molecule has 0 spiro atoms. The molecule has 0 aliphatic heterocycles. The second-order valence-corrected chi connectivity index (χ2v) is 7.95. The van der Waals surface area contributed by atoms with Crippen LogP contribution in [0.15, 0.2) is 71.8 Å². The maximum Gasteiger partial charge on any atom is 0.261 e. The molecule has 0 radical (unpaired) electrons. The lowest BCUT2D eigenvalue weighted by Gasteiger charge is -2.10. The number of pyridine rings is 1. The first-order valence-corrected chi connectivity index (χ1v) is 9.82. The van der Waals surface area contributed by atoms with Crippen molar-refractivity contribution in [1.29, 1.82) is 0 Å². The van der Waals surface area contributed by atoms with Crippen LogP contribution in [0.25, 0.3) is 0 Å². The molecule has 2 N–H and O–H groups in total. The van der Waals surface area contributed by atoms with Gasteiger partial charge < -0.3 is 5.32 Å². The van der Waals surface area contributed by atoms with E-state index >= 15 is 0 Å². The summed E-state index contributed by atoms with van der Waals surface area (Å²) in [7, 11) is -3.67. The summed E-state index contributed by atoms with van der Waals surface area (Å²) in [6.45, 7) is 2.69. The van der Waals surface area contributed by atoms with Crippen molar-refractivity contribution < 1.29 is 8.42 Å². The van der Waals surface area contributed by atoms with Crippen LogP contribution < -0.4 is 10.0 Å². The Balaban J connectivity index is 1.64. The Kier molecular flexibility index (Phi) is 5.44. The highest BCUT2D eigenvalue weighted by molar-refractivity contribution is 7.92. The Morgan fingerprint density at radius 1 is 1.04 bits per heavy atom. The molecule has 0 bridgehead atoms. The molecule has 3 aromatic rings. The standard InChI is InChI=1S/C19H18ClN3O2S/c1-14-3-2-4-15(11-14)12-21-19-10-7-17(13-22-19)23-26(24,25)18-8-5-16(20)6-9-18/h2-11,13,23H,12H2,1H3,(H,21,22). The molecule has 3 rings (SSSR count). The Morgan fingerprint density at radius 3 is 2.46 bits per heavy atom. The predicted molar refractivity (Wildman–Crippen MR) is 105 cm³/mol. The van der Waals surface area contributed by atoms with Gasteiger partial charge in [0.2, 0.25) is 0 Å².